The molecular formula is C19H25N5. The lowest BCUT2D eigenvalue weighted by Gasteiger charge is -2.31. The Labute approximate surface area is 142 Å². The van der Waals surface area contributed by atoms with E-state index >= 15 is 0 Å². The first-order valence-corrected chi connectivity index (χ1v) is 8.64. The van der Waals surface area contributed by atoms with Gasteiger partial charge in [0.15, 0.2) is 0 Å². The molecule has 126 valence electrons. The van der Waals surface area contributed by atoms with Crippen molar-refractivity contribution in [3.8, 4) is 0 Å². The summed E-state index contributed by atoms with van der Waals surface area (Å²) in [4.78, 5) is 8.10. The number of hydrogen-bond donors (Lipinski definition) is 2. The number of rotatable bonds is 1. The van der Waals surface area contributed by atoms with E-state index in [1.807, 2.05) is 12.1 Å². The third-order valence-electron chi connectivity index (χ3n) is 4.86. The van der Waals surface area contributed by atoms with Gasteiger partial charge in [-0.15, -0.1) is 0 Å². The van der Waals surface area contributed by atoms with Crippen LogP contribution in [0.4, 0.5) is 0 Å². The fraction of sp³-hybridized carbons (Fsp3) is 0.474. The van der Waals surface area contributed by atoms with E-state index < -0.39 is 0 Å². The first-order chi connectivity index (χ1) is 11.4. The van der Waals surface area contributed by atoms with E-state index in [0.717, 1.165) is 37.6 Å². The average Bonchev–Trinajstić information content (AvgIpc) is 3.12. The standard InChI is InChI=1S/C19H25N5/c1-12-5-6-14-13(9-12)17-15(22-14)10-19(2,3)11-16(17)23-24(4)18-20-7-8-21-18/h5-6,9,22H,7-8,10-11H2,1-4H3,(H,20,21). The Bertz CT molecular complexity index is 856. The maximum absolute atomic E-state index is 4.94. The van der Waals surface area contributed by atoms with Crippen molar-refractivity contribution in [3.05, 3.63) is 35.0 Å². The Hall–Kier alpha value is -2.30. The second-order valence-corrected chi connectivity index (χ2v) is 7.75. The SMILES string of the molecule is Cc1ccc2[nH]c3c(c2c1)C(=NN(C)C1=NCCN1)CC(C)(C)C3. The summed E-state index contributed by atoms with van der Waals surface area (Å²) in [6.07, 6.45) is 2.02. The Morgan fingerprint density at radius 3 is 2.83 bits per heavy atom. The number of aryl methyl sites for hydroxylation is 1. The van der Waals surface area contributed by atoms with Crippen molar-refractivity contribution in [3.63, 3.8) is 0 Å². The van der Waals surface area contributed by atoms with Crippen LogP contribution in [0.3, 0.4) is 0 Å². The average molecular weight is 323 g/mol. The molecule has 1 aliphatic heterocycles. The van der Waals surface area contributed by atoms with Crippen molar-refractivity contribution in [2.24, 2.45) is 15.5 Å². The summed E-state index contributed by atoms with van der Waals surface area (Å²) in [7, 11) is 1.98. The van der Waals surface area contributed by atoms with Gasteiger partial charge in [-0.1, -0.05) is 25.5 Å². The largest absolute Gasteiger partial charge is 0.358 e. The molecule has 0 amide bonds. The van der Waals surface area contributed by atoms with Gasteiger partial charge in [-0.3, -0.25) is 0 Å². The van der Waals surface area contributed by atoms with Gasteiger partial charge in [0.05, 0.1) is 12.3 Å². The molecule has 2 heterocycles. The Morgan fingerprint density at radius 2 is 2.08 bits per heavy atom. The summed E-state index contributed by atoms with van der Waals surface area (Å²) >= 11 is 0. The first kappa shape index (κ1) is 15.2. The number of hydrogen-bond acceptors (Lipinski definition) is 4. The predicted molar refractivity (Wildman–Crippen MR) is 99.7 cm³/mol. The molecule has 0 radical (unpaired) electrons. The normalized spacial score (nSPS) is 20.8. The fourth-order valence-electron chi connectivity index (χ4n) is 3.82. The highest BCUT2D eigenvalue weighted by Gasteiger charge is 2.33. The zero-order chi connectivity index (χ0) is 16.9. The molecule has 2 aliphatic rings. The number of nitrogens with one attached hydrogen (secondary N) is 2. The molecule has 0 saturated heterocycles. The molecule has 24 heavy (non-hydrogen) atoms. The second-order valence-electron chi connectivity index (χ2n) is 7.75. The zero-order valence-corrected chi connectivity index (χ0v) is 14.9. The molecule has 1 aliphatic carbocycles. The van der Waals surface area contributed by atoms with Gasteiger partial charge in [-0.2, -0.15) is 5.10 Å². The minimum atomic E-state index is 0.202. The molecule has 5 nitrogen and oxygen atoms in total. The van der Waals surface area contributed by atoms with Gasteiger partial charge in [0.25, 0.3) is 0 Å². The van der Waals surface area contributed by atoms with Crippen molar-refractivity contribution in [2.45, 2.75) is 33.6 Å². The van der Waals surface area contributed by atoms with Crippen molar-refractivity contribution < 1.29 is 0 Å². The van der Waals surface area contributed by atoms with Crippen LogP contribution in [0.2, 0.25) is 0 Å². The maximum atomic E-state index is 4.94. The van der Waals surface area contributed by atoms with E-state index in [1.165, 1.54) is 27.7 Å². The molecule has 1 aromatic carbocycles. The number of benzene rings is 1. The number of fused-ring (bicyclic) bond motifs is 3. The number of nitrogens with zero attached hydrogens (tertiary/aromatic N) is 3. The van der Waals surface area contributed by atoms with Crippen LogP contribution in [0.25, 0.3) is 10.9 Å². The minimum absolute atomic E-state index is 0.202. The van der Waals surface area contributed by atoms with Crippen LogP contribution in [-0.2, 0) is 6.42 Å². The van der Waals surface area contributed by atoms with Crippen LogP contribution in [0.1, 0.15) is 37.1 Å². The van der Waals surface area contributed by atoms with Gasteiger partial charge < -0.3 is 10.3 Å². The third kappa shape index (κ3) is 2.58. The quantitative estimate of drug-likeness (QED) is 0.793. The molecule has 0 atom stereocenters. The molecule has 0 fully saturated rings. The van der Waals surface area contributed by atoms with E-state index in [-0.39, 0.29) is 5.41 Å². The maximum Gasteiger partial charge on any atom is 0.214 e. The fourth-order valence-corrected chi connectivity index (χ4v) is 3.82. The molecule has 1 aromatic heterocycles. The van der Waals surface area contributed by atoms with E-state index in [1.54, 1.807) is 0 Å². The monoisotopic (exact) mass is 323 g/mol. The molecule has 4 rings (SSSR count). The van der Waals surface area contributed by atoms with Crippen molar-refractivity contribution in [2.75, 3.05) is 20.1 Å². The number of hydrazone groups is 1. The van der Waals surface area contributed by atoms with Crippen LogP contribution in [0, 0.1) is 12.3 Å². The number of aromatic amines is 1. The molecule has 0 unspecified atom stereocenters. The summed E-state index contributed by atoms with van der Waals surface area (Å²) in [5, 5.41) is 11.4. The van der Waals surface area contributed by atoms with Crippen LogP contribution in [-0.4, -0.2) is 41.8 Å². The molecular weight excluding hydrogens is 298 g/mol. The lowest BCUT2D eigenvalue weighted by atomic mass is 9.75. The molecule has 0 spiro atoms. The van der Waals surface area contributed by atoms with Crippen LogP contribution >= 0.6 is 0 Å². The first-order valence-electron chi connectivity index (χ1n) is 8.64. The number of aromatic nitrogens is 1. The molecule has 2 aromatic rings. The Morgan fingerprint density at radius 1 is 1.25 bits per heavy atom. The lowest BCUT2D eigenvalue weighted by molar-refractivity contribution is 0.365. The van der Waals surface area contributed by atoms with Gasteiger partial charge in [-0.05, 0) is 37.3 Å². The van der Waals surface area contributed by atoms with Crippen molar-refractivity contribution >= 4 is 22.6 Å². The van der Waals surface area contributed by atoms with Gasteiger partial charge in [0.2, 0.25) is 5.96 Å². The van der Waals surface area contributed by atoms with E-state index in [2.05, 4.69) is 54.3 Å². The highest BCUT2D eigenvalue weighted by atomic mass is 15.5. The second kappa shape index (κ2) is 5.36. The van der Waals surface area contributed by atoms with Gasteiger partial charge in [0.1, 0.15) is 0 Å². The highest BCUT2D eigenvalue weighted by molar-refractivity contribution is 6.13. The number of guanidine groups is 1. The lowest BCUT2D eigenvalue weighted by Crippen LogP contribution is -2.35. The Kier molecular flexibility index (Phi) is 3.41. The van der Waals surface area contributed by atoms with Gasteiger partial charge in [-0.25, -0.2) is 10.0 Å². The predicted octanol–water partition coefficient (Wildman–Crippen LogP) is 3.04. The smallest absolute Gasteiger partial charge is 0.214 e. The van der Waals surface area contributed by atoms with Gasteiger partial charge >= 0.3 is 0 Å². The summed E-state index contributed by atoms with van der Waals surface area (Å²) in [5.74, 6) is 0.864. The van der Waals surface area contributed by atoms with E-state index in [9.17, 15) is 0 Å². The van der Waals surface area contributed by atoms with Crippen LogP contribution < -0.4 is 5.32 Å². The topological polar surface area (TPSA) is 55.8 Å². The van der Waals surface area contributed by atoms with Crippen molar-refractivity contribution in [1.29, 1.82) is 0 Å². The summed E-state index contributed by atoms with van der Waals surface area (Å²) in [6.45, 7) is 8.49. The number of H-pyrrole nitrogens is 1. The molecule has 2 N–H and O–H groups in total. The Balaban J connectivity index is 1.85. The van der Waals surface area contributed by atoms with Crippen LogP contribution in [0.5, 0.6) is 0 Å². The van der Waals surface area contributed by atoms with E-state index in [0.29, 0.717) is 0 Å². The summed E-state index contributed by atoms with van der Waals surface area (Å²) < 4.78 is 0. The molecule has 0 bridgehead atoms. The van der Waals surface area contributed by atoms with Gasteiger partial charge in [0, 0.05) is 35.8 Å². The number of aliphatic imine (C=N–C) groups is 1. The van der Waals surface area contributed by atoms with Crippen molar-refractivity contribution in [1.82, 2.24) is 15.3 Å². The highest BCUT2D eigenvalue weighted by Crippen LogP contribution is 2.38. The molecule has 5 heteroatoms. The van der Waals surface area contributed by atoms with E-state index in [4.69, 9.17) is 5.10 Å². The summed E-state index contributed by atoms with van der Waals surface area (Å²) in [6, 6.07) is 6.61. The molecule has 0 saturated carbocycles. The summed E-state index contributed by atoms with van der Waals surface area (Å²) in [5.41, 5.74) is 6.43. The third-order valence-corrected chi connectivity index (χ3v) is 4.86. The van der Waals surface area contributed by atoms with Crippen LogP contribution in [0.15, 0.2) is 28.3 Å². The zero-order valence-electron chi connectivity index (χ0n) is 14.9. The minimum Gasteiger partial charge on any atom is -0.358 e.